The van der Waals surface area contributed by atoms with Crippen LogP contribution in [0.25, 0.3) is 17.1 Å². The van der Waals surface area contributed by atoms with E-state index in [9.17, 15) is 4.79 Å². The topological polar surface area (TPSA) is 89.7 Å². The van der Waals surface area contributed by atoms with Crippen LogP contribution in [-0.2, 0) is 13.6 Å². The minimum Gasteiger partial charge on any atom is -0.348 e. The maximum atomic E-state index is 11.7. The molecule has 0 radical (unpaired) electrons. The number of rotatable bonds is 5. The van der Waals surface area contributed by atoms with Crippen LogP contribution < -0.4 is 10.6 Å². The summed E-state index contributed by atoms with van der Waals surface area (Å²) in [5.41, 5.74) is 5.78. The molecule has 8 nitrogen and oxygen atoms in total. The highest BCUT2D eigenvalue weighted by Gasteiger charge is 2.25. The first-order valence-electron chi connectivity index (χ1n) is 10.4. The number of imidazole rings is 1. The van der Waals surface area contributed by atoms with Gasteiger partial charge in [0.05, 0.1) is 12.0 Å². The molecule has 4 aromatic rings. The molecule has 0 bridgehead atoms. The van der Waals surface area contributed by atoms with Gasteiger partial charge in [0.25, 0.3) is 5.91 Å². The zero-order valence-corrected chi connectivity index (χ0v) is 17.0. The number of hydrogen-bond acceptors (Lipinski definition) is 5. The van der Waals surface area contributed by atoms with Gasteiger partial charge >= 0.3 is 0 Å². The smallest absolute Gasteiger partial charge is 0.251 e. The molecule has 2 aliphatic rings. The molecule has 1 aliphatic carbocycles. The fraction of sp³-hybridized carbons (Fsp3) is 0.217. The van der Waals surface area contributed by atoms with Crippen molar-refractivity contribution in [1.29, 1.82) is 0 Å². The number of aryl methyl sites for hydroxylation is 1. The summed E-state index contributed by atoms with van der Waals surface area (Å²) in [7, 11) is 1.86. The van der Waals surface area contributed by atoms with Crippen molar-refractivity contribution in [2.24, 2.45) is 7.05 Å². The van der Waals surface area contributed by atoms with Gasteiger partial charge in [0, 0.05) is 48.2 Å². The second kappa shape index (κ2) is 6.80. The predicted molar refractivity (Wildman–Crippen MR) is 116 cm³/mol. The lowest BCUT2D eigenvalue weighted by molar-refractivity contribution is 0.0966. The number of hydrogen-bond donors (Lipinski definition) is 2. The average molecular weight is 411 g/mol. The molecule has 0 spiro atoms. The van der Waals surface area contributed by atoms with E-state index in [0.717, 1.165) is 28.1 Å². The second-order valence-electron chi connectivity index (χ2n) is 8.09. The first kappa shape index (κ1) is 17.9. The van der Waals surface area contributed by atoms with Crippen molar-refractivity contribution >= 4 is 17.5 Å². The first-order chi connectivity index (χ1) is 15.1. The first-order valence-corrected chi connectivity index (χ1v) is 10.4. The Kier molecular flexibility index (Phi) is 3.92. The van der Waals surface area contributed by atoms with Crippen molar-refractivity contribution in [2.45, 2.75) is 25.3 Å². The molecule has 31 heavy (non-hydrogen) atoms. The number of carbonyl (C=O) groups excluding carboxylic acids is 1. The number of fused-ring (bicyclic) bond motifs is 1. The molecule has 0 atom stereocenters. The molecular formula is C23H21N7O. The molecule has 1 amide bonds. The van der Waals surface area contributed by atoms with Crippen molar-refractivity contribution in [3.05, 3.63) is 71.8 Å². The van der Waals surface area contributed by atoms with Crippen molar-refractivity contribution < 1.29 is 4.79 Å². The van der Waals surface area contributed by atoms with Gasteiger partial charge in [-0.15, -0.1) is 5.10 Å². The van der Waals surface area contributed by atoms with Crippen LogP contribution in [0.2, 0.25) is 0 Å². The summed E-state index contributed by atoms with van der Waals surface area (Å²) in [6.07, 6.45) is 6.49. The molecule has 2 N–H and O–H groups in total. The lowest BCUT2D eigenvalue weighted by Crippen LogP contribution is -2.12. The zero-order chi connectivity index (χ0) is 20.9. The van der Waals surface area contributed by atoms with Gasteiger partial charge in [-0.3, -0.25) is 4.79 Å². The maximum Gasteiger partial charge on any atom is 0.251 e. The van der Waals surface area contributed by atoms with E-state index in [4.69, 9.17) is 0 Å². The maximum absolute atomic E-state index is 11.7. The van der Waals surface area contributed by atoms with Gasteiger partial charge in [-0.2, -0.15) is 4.98 Å². The summed E-state index contributed by atoms with van der Waals surface area (Å²) in [4.78, 5) is 20.9. The van der Waals surface area contributed by atoms with Crippen LogP contribution in [0.4, 0.5) is 11.6 Å². The minimum atomic E-state index is -0.0228. The summed E-state index contributed by atoms with van der Waals surface area (Å²) >= 11 is 0. The SMILES string of the molecule is Cn1nc(-c2ccc(-n3cnc(C4CC4)c3)cc2)nc1Nc1ccc2c(c1)CNC2=O. The van der Waals surface area contributed by atoms with Gasteiger partial charge in [0.15, 0.2) is 5.82 Å². The van der Waals surface area contributed by atoms with Gasteiger partial charge in [0.2, 0.25) is 5.95 Å². The highest BCUT2D eigenvalue weighted by atomic mass is 16.1. The molecule has 154 valence electrons. The molecule has 1 aliphatic heterocycles. The lowest BCUT2D eigenvalue weighted by Gasteiger charge is -2.06. The molecular weight excluding hydrogens is 390 g/mol. The van der Waals surface area contributed by atoms with E-state index >= 15 is 0 Å². The van der Waals surface area contributed by atoms with Gasteiger partial charge in [-0.05, 0) is 60.9 Å². The fourth-order valence-corrected chi connectivity index (χ4v) is 3.91. The lowest BCUT2D eigenvalue weighted by atomic mass is 10.1. The van der Waals surface area contributed by atoms with Crippen LogP contribution in [0.15, 0.2) is 55.0 Å². The molecule has 6 rings (SSSR count). The summed E-state index contributed by atoms with van der Waals surface area (Å²) in [5.74, 6) is 1.91. The zero-order valence-electron chi connectivity index (χ0n) is 17.0. The normalized spacial score (nSPS) is 15.1. The van der Waals surface area contributed by atoms with E-state index in [1.165, 1.54) is 18.5 Å². The van der Waals surface area contributed by atoms with E-state index in [2.05, 4.69) is 48.6 Å². The Hall–Kier alpha value is -3.94. The Balaban J connectivity index is 1.22. The van der Waals surface area contributed by atoms with Crippen molar-refractivity contribution in [2.75, 3.05) is 5.32 Å². The molecule has 3 heterocycles. The van der Waals surface area contributed by atoms with Gasteiger partial charge < -0.3 is 15.2 Å². The van der Waals surface area contributed by atoms with E-state index in [-0.39, 0.29) is 5.91 Å². The van der Waals surface area contributed by atoms with Crippen LogP contribution in [0.5, 0.6) is 0 Å². The number of nitrogens with zero attached hydrogens (tertiary/aromatic N) is 5. The van der Waals surface area contributed by atoms with Crippen molar-refractivity contribution in [3.8, 4) is 17.1 Å². The van der Waals surface area contributed by atoms with Crippen LogP contribution in [0.3, 0.4) is 0 Å². The van der Waals surface area contributed by atoms with E-state index < -0.39 is 0 Å². The van der Waals surface area contributed by atoms with Gasteiger partial charge in [0.1, 0.15) is 0 Å². The fourth-order valence-electron chi connectivity index (χ4n) is 3.91. The Morgan fingerprint density at radius 2 is 1.97 bits per heavy atom. The monoisotopic (exact) mass is 411 g/mol. The molecule has 2 aromatic carbocycles. The highest BCUT2D eigenvalue weighted by molar-refractivity contribution is 5.98. The Bertz CT molecular complexity index is 1300. The summed E-state index contributed by atoms with van der Waals surface area (Å²) < 4.78 is 3.78. The van der Waals surface area contributed by atoms with Crippen molar-refractivity contribution in [1.82, 2.24) is 29.6 Å². The Morgan fingerprint density at radius 1 is 1.13 bits per heavy atom. The quantitative estimate of drug-likeness (QED) is 0.524. The van der Waals surface area contributed by atoms with E-state index in [0.29, 0.717) is 24.2 Å². The summed E-state index contributed by atoms with van der Waals surface area (Å²) in [6, 6.07) is 13.9. The van der Waals surface area contributed by atoms with E-state index in [1.54, 1.807) is 4.68 Å². The third-order valence-electron chi connectivity index (χ3n) is 5.83. The standard InChI is InChI=1S/C23H21N7O/c1-29-23(26-17-6-9-19-16(10-17)11-24-22(19)31)27-21(28-29)15-4-7-18(8-5-15)30-12-20(25-13-30)14-2-3-14/h4-10,12-14H,2-3,11H2,1H3,(H,24,31)(H,26,27,28). The number of anilines is 2. The average Bonchev–Trinajstić information content (AvgIpc) is 3.23. The van der Waals surface area contributed by atoms with Crippen LogP contribution in [0.1, 0.15) is 40.4 Å². The third-order valence-corrected chi connectivity index (χ3v) is 5.83. The number of carbonyl (C=O) groups is 1. The Labute approximate surface area is 179 Å². The highest BCUT2D eigenvalue weighted by Crippen LogP contribution is 2.39. The molecule has 1 fully saturated rings. The van der Waals surface area contributed by atoms with Gasteiger partial charge in [-0.1, -0.05) is 0 Å². The Morgan fingerprint density at radius 3 is 2.77 bits per heavy atom. The molecule has 8 heteroatoms. The number of benzene rings is 2. The van der Waals surface area contributed by atoms with Crippen LogP contribution in [-0.4, -0.2) is 30.2 Å². The number of amides is 1. The largest absolute Gasteiger partial charge is 0.348 e. The second-order valence-corrected chi connectivity index (χ2v) is 8.09. The van der Waals surface area contributed by atoms with Crippen molar-refractivity contribution in [3.63, 3.8) is 0 Å². The summed E-state index contributed by atoms with van der Waals surface area (Å²) in [6.45, 7) is 0.555. The minimum absolute atomic E-state index is 0.0228. The van der Waals surface area contributed by atoms with Crippen LogP contribution in [0, 0.1) is 0 Å². The molecule has 0 saturated heterocycles. The number of aromatic nitrogens is 5. The molecule has 1 saturated carbocycles. The van der Waals surface area contributed by atoms with Gasteiger partial charge in [-0.25, -0.2) is 9.67 Å². The predicted octanol–water partition coefficient (Wildman–Crippen LogP) is 3.53. The molecule has 0 unspecified atom stereocenters. The van der Waals surface area contributed by atoms with E-state index in [1.807, 2.05) is 43.7 Å². The third kappa shape index (κ3) is 3.26. The molecule has 2 aromatic heterocycles. The van der Waals surface area contributed by atoms with Crippen LogP contribution >= 0.6 is 0 Å². The number of nitrogens with one attached hydrogen (secondary N) is 2. The summed E-state index contributed by atoms with van der Waals surface area (Å²) in [5, 5.41) is 10.7.